The van der Waals surface area contributed by atoms with Crippen LogP contribution in [0.5, 0.6) is 0 Å². The number of nitrogens with zero attached hydrogens (tertiary/aromatic N) is 1. The number of rotatable bonds is 6. The van der Waals surface area contributed by atoms with Crippen molar-refractivity contribution < 1.29 is 4.79 Å². The van der Waals surface area contributed by atoms with E-state index in [1.54, 1.807) is 6.08 Å². The van der Waals surface area contributed by atoms with E-state index in [0.717, 1.165) is 11.3 Å². The van der Waals surface area contributed by atoms with Crippen LogP contribution >= 0.6 is 11.3 Å². The number of hydrogen-bond acceptors (Lipinski definition) is 4. The molecular formula is C19H17N3OS. The summed E-state index contributed by atoms with van der Waals surface area (Å²) in [5.41, 5.74) is 2.36. The van der Waals surface area contributed by atoms with E-state index < -0.39 is 0 Å². The molecule has 0 aliphatic heterocycles. The minimum atomic E-state index is -0.163. The number of para-hydroxylation sites is 1. The Kier molecular flexibility index (Phi) is 5.03. The van der Waals surface area contributed by atoms with E-state index in [-0.39, 0.29) is 5.91 Å². The molecular weight excluding hydrogens is 318 g/mol. The highest BCUT2D eigenvalue weighted by molar-refractivity contribution is 7.18. The van der Waals surface area contributed by atoms with Crippen molar-refractivity contribution >= 4 is 28.1 Å². The van der Waals surface area contributed by atoms with Gasteiger partial charge in [0, 0.05) is 17.8 Å². The van der Waals surface area contributed by atoms with Crippen LogP contribution in [0.4, 0.5) is 10.8 Å². The average molecular weight is 335 g/mol. The van der Waals surface area contributed by atoms with Gasteiger partial charge in [-0.25, -0.2) is 4.98 Å². The molecule has 0 radical (unpaired) electrons. The lowest BCUT2D eigenvalue weighted by Gasteiger charge is -2.05. The summed E-state index contributed by atoms with van der Waals surface area (Å²) in [6.45, 7) is 4.29. The molecule has 0 spiro atoms. The van der Waals surface area contributed by atoms with Gasteiger partial charge in [0.05, 0.1) is 5.69 Å². The second-order valence-electron chi connectivity index (χ2n) is 5.05. The lowest BCUT2D eigenvalue weighted by Crippen LogP contribution is -2.11. The molecule has 0 saturated heterocycles. The molecule has 1 heterocycles. The van der Waals surface area contributed by atoms with Gasteiger partial charge in [-0.1, -0.05) is 65.9 Å². The second kappa shape index (κ2) is 7.57. The third-order valence-electron chi connectivity index (χ3n) is 3.31. The highest BCUT2D eigenvalue weighted by Gasteiger charge is 2.19. The van der Waals surface area contributed by atoms with Gasteiger partial charge in [0.15, 0.2) is 5.13 Å². The van der Waals surface area contributed by atoms with Gasteiger partial charge in [0.25, 0.3) is 5.91 Å². The quantitative estimate of drug-likeness (QED) is 0.644. The first-order valence-electron chi connectivity index (χ1n) is 7.55. The lowest BCUT2D eigenvalue weighted by molar-refractivity contribution is 0.103. The Bertz CT molecular complexity index is 828. The number of anilines is 2. The van der Waals surface area contributed by atoms with Gasteiger partial charge >= 0.3 is 0 Å². The minimum Gasteiger partial charge on any atom is -0.358 e. The highest BCUT2D eigenvalue weighted by Crippen LogP contribution is 2.31. The van der Waals surface area contributed by atoms with Crippen LogP contribution in [0.25, 0.3) is 11.3 Å². The maximum atomic E-state index is 12.7. The summed E-state index contributed by atoms with van der Waals surface area (Å²) in [5, 5.41) is 6.78. The van der Waals surface area contributed by atoms with Gasteiger partial charge in [0.1, 0.15) is 4.88 Å². The number of amides is 1. The number of nitrogens with one attached hydrogen (secondary N) is 2. The van der Waals surface area contributed by atoms with Gasteiger partial charge in [-0.05, 0) is 12.1 Å². The topological polar surface area (TPSA) is 54.0 Å². The Labute approximate surface area is 144 Å². The smallest absolute Gasteiger partial charge is 0.268 e. The zero-order valence-electron chi connectivity index (χ0n) is 13.0. The third-order valence-corrected chi connectivity index (χ3v) is 4.32. The maximum absolute atomic E-state index is 12.7. The molecule has 0 saturated carbocycles. The van der Waals surface area contributed by atoms with E-state index in [1.165, 1.54) is 11.3 Å². The molecule has 1 amide bonds. The summed E-state index contributed by atoms with van der Waals surface area (Å²) >= 11 is 1.34. The Morgan fingerprint density at radius 2 is 1.75 bits per heavy atom. The molecule has 0 aliphatic carbocycles. The summed E-state index contributed by atoms with van der Waals surface area (Å²) in [5.74, 6) is -0.163. The normalized spacial score (nSPS) is 10.2. The number of carbonyl (C=O) groups is 1. The van der Waals surface area contributed by atoms with E-state index in [1.807, 2.05) is 60.7 Å². The number of carbonyl (C=O) groups excluding carboxylic acids is 1. The maximum Gasteiger partial charge on any atom is 0.268 e. The number of thiazole rings is 1. The van der Waals surface area contributed by atoms with Gasteiger partial charge in [-0.3, -0.25) is 4.79 Å². The molecule has 0 aliphatic rings. The second-order valence-corrected chi connectivity index (χ2v) is 6.05. The zero-order valence-corrected chi connectivity index (χ0v) is 13.8. The van der Waals surface area contributed by atoms with Crippen LogP contribution < -0.4 is 10.6 Å². The number of benzene rings is 2. The molecule has 3 rings (SSSR count). The van der Waals surface area contributed by atoms with E-state index in [0.29, 0.717) is 22.2 Å². The Balaban J connectivity index is 1.94. The SMILES string of the molecule is C=CCNc1nc(-c2ccccc2)c(C(=O)Nc2ccccc2)s1. The van der Waals surface area contributed by atoms with Gasteiger partial charge < -0.3 is 10.6 Å². The number of hydrogen-bond donors (Lipinski definition) is 2. The highest BCUT2D eigenvalue weighted by atomic mass is 32.1. The third kappa shape index (κ3) is 3.70. The van der Waals surface area contributed by atoms with Crippen LogP contribution in [-0.4, -0.2) is 17.4 Å². The standard InChI is InChI=1S/C19H17N3OS/c1-2-13-20-19-22-16(14-9-5-3-6-10-14)17(24-19)18(23)21-15-11-7-4-8-12-15/h2-12H,1,13H2,(H,20,22)(H,21,23). The minimum absolute atomic E-state index is 0.163. The molecule has 2 aromatic carbocycles. The predicted octanol–water partition coefficient (Wildman–Crippen LogP) is 4.66. The summed E-state index contributed by atoms with van der Waals surface area (Å²) in [7, 11) is 0. The largest absolute Gasteiger partial charge is 0.358 e. The van der Waals surface area contributed by atoms with Crippen LogP contribution in [0.15, 0.2) is 73.3 Å². The van der Waals surface area contributed by atoms with E-state index in [2.05, 4.69) is 22.2 Å². The van der Waals surface area contributed by atoms with Gasteiger partial charge in [-0.15, -0.1) is 6.58 Å². The molecule has 4 nitrogen and oxygen atoms in total. The van der Waals surface area contributed by atoms with Crippen molar-refractivity contribution in [1.29, 1.82) is 0 Å². The first-order valence-corrected chi connectivity index (χ1v) is 8.37. The van der Waals surface area contributed by atoms with Gasteiger partial charge in [0.2, 0.25) is 0 Å². The van der Waals surface area contributed by atoms with E-state index in [4.69, 9.17) is 0 Å². The Hall–Kier alpha value is -2.92. The summed E-state index contributed by atoms with van der Waals surface area (Å²) in [6, 6.07) is 19.1. The first-order chi connectivity index (χ1) is 11.8. The predicted molar refractivity (Wildman–Crippen MR) is 101 cm³/mol. The molecule has 2 N–H and O–H groups in total. The fourth-order valence-electron chi connectivity index (χ4n) is 2.21. The summed E-state index contributed by atoms with van der Waals surface area (Å²) < 4.78 is 0. The monoisotopic (exact) mass is 335 g/mol. The molecule has 5 heteroatoms. The van der Waals surface area contributed by atoms with Crippen LogP contribution in [0, 0.1) is 0 Å². The van der Waals surface area contributed by atoms with Crippen molar-refractivity contribution in [3.8, 4) is 11.3 Å². The van der Waals surface area contributed by atoms with Crippen LogP contribution in [-0.2, 0) is 0 Å². The van der Waals surface area contributed by atoms with Crippen molar-refractivity contribution in [2.45, 2.75) is 0 Å². The fraction of sp³-hybridized carbons (Fsp3) is 0.0526. The fourth-order valence-corrected chi connectivity index (χ4v) is 3.10. The average Bonchev–Trinajstić information content (AvgIpc) is 3.06. The van der Waals surface area contributed by atoms with Crippen molar-refractivity contribution in [2.75, 3.05) is 17.2 Å². The molecule has 1 aromatic heterocycles. The van der Waals surface area contributed by atoms with E-state index in [9.17, 15) is 4.79 Å². The van der Waals surface area contributed by atoms with Crippen molar-refractivity contribution in [2.24, 2.45) is 0 Å². The Morgan fingerprint density at radius 1 is 1.08 bits per heavy atom. The lowest BCUT2D eigenvalue weighted by atomic mass is 10.1. The molecule has 0 atom stereocenters. The van der Waals surface area contributed by atoms with Gasteiger partial charge in [-0.2, -0.15) is 0 Å². The summed E-state index contributed by atoms with van der Waals surface area (Å²) in [6.07, 6.45) is 1.76. The van der Waals surface area contributed by atoms with Crippen LogP contribution in [0.2, 0.25) is 0 Å². The van der Waals surface area contributed by atoms with Crippen LogP contribution in [0.3, 0.4) is 0 Å². The molecule has 0 fully saturated rings. The molecule has 120 valence electrons. The van der Waals surface area contributed by atoms with Crippen molar-refractivity contribution in [1.82, 2.24) is 4.98 Å². The van der Waals surface area contributed by atoms with Crippen molar-refractivity contribution in [3.05, 3.63) is 78.2 Å². The summed E-state index contributed by atoms with van der Waals surface area (Å²) in [4.78, 5) is 17.9. The molecule has 3 aromatic rings. The molecule has 0 bridgehead atoms. The Morgan fingerprint density at radius 3 is 2.42 bits per heavy atom. The molecule has 24 heavy (non-hydrogen) atoms. The van der Waals surface area contributed by atoms with Crippen LogP contribution in [0.1, 0.15) is 9.67 Å². The van der Waals surface area contributed by atoms with Crippen molar-refractivity contribution in [3.63, 3.8) is 0 Å². The number of aromatic nitrogens is 1. The zero-order chi connectivity index (χ0) is 16.8. The van der Waals surface area contributed by atoms with E-state index >= 15 is 0 Å². The first kappa shape index (κ1) is 16.0. The molecule has 0 unspecified atom stereocenters.